The van der Waals surface area contributed by atoms with Crippen LogP contribution >= 0.6 is 0 Å². The third kappa shape index (κ3) is 2.94. The predicted octanol–water partition coefficient (Wildman–Crippen LogP) is 1.38. The van der Waals surface area contributed by atoms with Crippen LogP contribution in [-0.4, -0.2) is 21.2 Å². The summed E-state index contributed by atoms with van der Waals surface area (Å²) in [7, 11) is 1.90. The molecule has 96 valence electrons. The lowest BCUT2D eigenvalue weighted by Gasteiger charge is -2.12. The summed E-state index contributed by atoms with van der Waals surface area (Å²) in [4.78, 5) is 4.15. The Kier molecular flexibility index (Phi) is 4.07. The van der Waals surface area contributed by atoms with Gasteiger partial charge in [0.2, 0.25) is 0 Å². The van der Waals surface area contributed by atoms with E-state index in [-0.39, 0.29) is 12.4 Å². The number of aromatic nitrogens is 2. The molecule has 0 spiro atoms. The molecule has 1 atom stereocenters. The number of rotatable bonds is 5. The molecule has 0 saturated heterocycles. The van der Waals surface area contributed by atoms with Crippen LogP contribution in [0.5, 0.6) is 0 Å². The van der Waals surface area contributed by atoms with Gasteiger partial charge in [-0.2, -0.15) is 0 Å². The number of halogens is 1. The summed E-state index contributed by atoms with van der Waals surface area (Å²) in [6, 6.07) is 6.24. The van der Waals surface area contributed by atoms with E-state index < -0.39 is 6.10 Å². The zero-order chi connectivity index (χ0) is 13.0. The fourth-order valence-corrected chi connectivity index (χ4v) is 1.74. The minimum Gasteiger partial charge on any atom is -0.387 e. The van der Waals surface area contributed by atoms with Crippen molar-refractivity contribution in [2.45, 2.75) is 12.6 Å². The molecule has 0 amide bonds. The van der Waals surface area contributed by atoms with Gasteiger partial charge in [-0.1, -0.05) is 18.2 Å². The van der Waals surface area contributed by atoms with Gasteiger partial charge in [0.1, 0.15) is 11.6 Å². The summed E-state index contributed by atoms with van der Waals surface area (Å²) >= 11 is 0. The van der Waals surface area contributed by atoms with Crippen molar-refractivity contribution in [3.05, 3.63) is 53.9 Å². The molecule has 0 aliphatic heterocycles. The van der Waals surface area contributed by atoms with Crippen molar-refractivity contribution in [2.24, 2.45) is 7.05 Å². The molecule has 2 N–H and O–H groups in total. The molecule has 2 aromatic rings. The quantitative estimate of drug-likeness (QED) is 0.841. The zero-order valence-electron chi connectivity index (χ0n) is 10.2. The number of hydrogen-bond acceptors (Lipinski definition) is 3. The van der Waals surface area contributed by atoms with E-state index in [9.17, 15) is 9.50 Å². The topological polar surface area (TPSA) is 50.1 Å². The van der Waals surface area contributed by atoms with E-state index in [1.54, 1.807) is 24.4 Å². The maximum Gasteiger partial charge on any atom is 0.129 e. The summed E-state index contributed by atoms with van der Waals surface area (Å²) in [5.41, 5.74) is 0.310. The van der Waals surface area contributed by atoms with Crippen LogP contribution < -0.4 is 5.32 Å². The van der Waals surface area contributed by atoms with Gasteiger partial charge in [0.25, 0.3) is 0 Å². The van der Waals surface area contributed by atoms with Gasteiger partial charge in [-0.3, -0.25) is 0 Å². The van der Waals surface area contributed by atoms with E-state index in [1.165, 1.54) is 6.07 Å². The van der Waals surface area contributed by atoms with Gasteiger partial charge < -0.3 is 15.0 Å². The van der Waals surface area contributed by atoms with Crippen molar-refractivity contribution in [1.29, 1.82) is 0 Å². The first-order valence-corrected chi connectivity index (χ1v) is 5.78. The average Bonchev–Trinajstić information content (AvgIpc) is 2.75. The van der Waals surface area contributed by atoms with E-state index in [0.29, 0.717) is 12.1 Å². The highest BCUT2D eigenvalue weighted by Gasteiger charge is 2.11. The Balaban J connectivity index is 1.87. The maximum absolute atomic E-state index is 13.4. The molecule has 0 saturated carbocycles. The van der Waals surface area contributed by atoms with Gasteiger partial charge in [0.15, 0.2) is 0 Å². The first-order valence-electron chi connectivity index (χ1n) is 5.78. The van der Waals surface area contributed by atoms with E-state index in [2.05, 4.69) is 10.3 Å². The highest BCUT2D eigenvalue weighted by molar-refractivity contribution is 5.19. The van der Waals surface area contributed by atoms with Crippen LogP contribution in [0.25, 0.3) is 0 Å². The second-order valence-corrected chi connectivity index (χ2v) is 4.12. The van der Waals surface area contributed by atoms with Crippen molar-refractivity contribution >= 4 is 0 Å². The van der Waals surface area contributed by atoms with Crippen molar-refractivity contribution in [1.82, 2.24) is 14.9 Å². The second-order valence-electron chi connectivity index (χ2n) is 4.12. The Labute approximate surface area is 105 Å². The molecular formula is C13H16FN3O. The predicted molar refractivity (Wildman–Crippen MR) is 66.3 cm³/mol. The fraction of sp³-hybridized carbons (Fsp3) is 0.308. The SMILES string of the molecule is Cn1ccnc1CNCC(O)c1ccccc1F. The molecule has 0 fully saturated rings. The molecule has 5 heteroatoms. The standard InChI is InChI=1S/C13H16FN3O/c1-17-7-6-16-13(17)9-15-8-12(18)10-4-2-3-5-11(10)14/h2-7,12,15,18H,8-9H2,1H3. The van der Waals surface area contributed by atoms with Gasteiger partial charge in [0, 0.05) is 31.5 Å². The van der Waals surface area contributed by atoms with E-state index >= 15 is 0 Å². The normalized spacial score (nSPS) is 12.6. The van der Waals surface area contributed by atoms with Crippen LogP contribution in [0.4, 0.5) is 4.39 Å². The maximum atomic E-state index is 13.4. The molecule has 1 unspecified atom stereocenters. The van der Waals surface area contributed by atoms with Gasteiger partial charge in [-0.15, -0.1) is 0 Å². The minimum absolute atomic E-state index is 0.286. The van der Waals surface area contributed by atoms with E-state index in [0.717, 1.165) is 5.82 Å². The van der Waals surface area contributed by atoms with Crippen molar-refractivity contribution in [3.63, 3.8) is 0 Å². The molecule has 2 rings (SSSR count). The number of aliphatic hydroxyl groups is 1. The van der Waals surface area contributed by atoms with Crippen LogP contribution in [0, 0.1) is 5.82 Å². The lowest BCUT2D eigenvalue weighted by atomic mass is 10.1. The molecule has 1 heterocycles. The van der Waals surface area contributed by atoms with Gasteiger partial charge in [-0.25, -0.2) is 9.37 Å². The highest BCUT2D eigenvalue weighted by atomic mass is 19.1. The summed E-state index contributed by atoms with van der Waals surface area (Å²) in [6.07, 6.45) is 2.71. The van der Waals surface area contributed by atoms with Gasteiger partial charge >= 0.3 is 0 Å². The first-order chi connectivity index (χ1) is 8.68. The molecule has 18 heavy (non-hydrogen) atoms. The summed E-state index contributed by atoms with van der Waals surface area (Å²) < 4.78 is 15.3. The number of benzene rings is 1. The minimum atomic E-state index is -0.855. The number of aliphatic hydroxyl groups excluding tert-OH is 1. The van der Waals surface area contributed by atoms with Crippen LogP contribution in [0.2, 0.25) is 0 Å². The Hall–Kier alpha value is -1.72. The smallest absolute Gasteiger partial charge is 0.129 e. The monoisotopic (exact) mass is 249 g/mol. The Morgan fingerprint density at radius 1 is 1.44 bits per heavy atom. The molecule has 1 aromatic carbocycles. The lowest BCUT2D eigenvalue weighted by Crippen LogP contribution is -2.23. The van der Waals surface area contributed by atoms with Crippen LogP contribution in [0.15, 0.2) is 36.7 Å². The summed E-state index contributed by atoms with van der Waals surface area (Å²) in [5.74, 6) is 0.486. The third-order valence-electron chi connectivity index (χ3n) is 2.81. The number of imidazole rings is 1. The molecule has 0 aliphatic carbocycles. The molecule has 0 aliphatic rings. The van der Waals surface area contributed by atoms with Crippen LogP contribution in [0.3, 0.4) is 0 Å². The number of nitrogens with one attached hydrogen (secondary N) is 1. The number of aryl methyl sites for hydroxylation is 1. The second kappa shape index (κ2) is 5.75. The lowest BCUT2D eigenvalue weighted by molar-refractivity contribution is 0.169. The highest BCUT2D eigenvalue weighted by Crippen LogP contribution is 2.15. The molecule has 0 radical (unpaired) electrons. The van der Waals surface area contributed by atoms with Crippen molar-refractivity contribution in [3.8, 4) is 0 Å². The Morgan fingerprint density at radius 3 is 2.89 bits per heavy atom. The Bertz CT molecular complexity index is 512. The summed E-state index contributed by atoms with van der Waals surface area (Å²) in [6.45, 7) is 0.822. The number of hydrogen-bond donors (Lipinski definition) is 2. The van der Waals surface area contributed by atoms with Crippen LogP contribution in [0.1, 0.15) is 17.5 Å². The van der Waals surface area contributed by atoms with Gasteiger partial charge in [0.05, 0.1) is 12.6 Å². The fourth-order valence-electron chi connectivity index (χ4n) is 1.74. The first kappa shape index (κ1) is 12.7. The van der Waals surface area contributed by atoms with Crippen molar-refractivity contribution in [2.75, 3.05) is 6.54 Å². The van der Waals surface area contributed by atoms with Crippen LogP contribution in [-0.2, 0) is 13.6 Å². The summed E-state index contributed by atoms with van der Waals surface area (Å²) in [5, 5.41) is 12.9. The van der Waals surface area contributed by atoms with Gasteiger partial charge in [-0.05, 0) is 6.07 Å². The third-order valence-corrected chi connectivity index (χ3v) is 2.81. The van der Waals surface area contributed by atoms with E-state index in [4.69, 9.17) is 0 Å². The molecule has 0 bridgehead atoms. The molecular weight excluding hydrogens is 233 g/mol. The van der Waals surface area contributed by atoms with Crippen molar-refractivity contribution < 1.29 is 9.50 Å². The van der Waals surface area contributed by atoms with E-state index in [1.807, 2.05) is 17.8 Å². The zero-order valence-corrected chi connectivity index (χ0v) is 10.2. The molecule has 1 aromatic heterocycles. The molecule has 4 nitrogen and oxygen atoms in total. The largest absolute Gasteiger partial charge is 0.387 e. The average molecular weight is 249 g/mol. The number of nitrogens with zero attached hydrogens (tertiary/aromatic N) is 2. The Morgan fingerprint density at radius 2 is 2.22 bits per heavy atom.